The van der Waals surface area contributed by atoms with Crippen molar-refractivity contribution in [2.75, 3.05) is 13.1 Å². The van der Waals surface area contributed by atoms with Crippen LogP contribution in [0.4, 0.5) is 0 Å². The lowest BCUT2D eigenvalue weighted by Gasteiger charge is -2.32. The molecule has 2 heterocycles. The highest BCUT2D eigenvalue weighted by Crippen LogP contribution is 2.28. The lowest BCUT2D eigenvalue weighted by Crippen LogP contribution is -2.40. The van der Waals surface area contributed by atoms with Crippen LogP contribution in [0.15, 0.2) is 15.7 Å². The molecule has 0 saturated carbocycles. The van der Waals surface area contributed by atoms with Gasteiger partial charge in [0.25, 0.3) is 10.0 Å². The van der Waals surface area contributed by atoms with Crippen LogP contribution in [-0.4, -0.2) is 48.1 Å². The summed E-state index contributed by atoms with van der Waals surface area (Å²) in [7, 11) is -3.62. The van der Waals surface area contributed by atoms with Crippen molar-refractivity contribution < 1.29 is 23.4 Å². The number of carboxylic acids is 1. The minimum atomic E-state index is -3.62. The van der Waals surface area contributed by atoms with Crippen LogP contribution in [-0.2, 0) is 10.0 Å². The van der Waals surface area contributed by atoms with Crippen LogP contribution < -0.4 is 0 Å². The highest BCUT2D eigenvalue weighted by Gasteiger charge is 2.32. The van der Waals surface area contributed by atoms with Crippen LogP contribution >= 0.6 is 11.3 Å². The van der Waals surface area contributed by atoms with Crippen molar-refractivity contribution in [2.45, 2.75) is 30.1 Å². The van der Waals surface area contributed by atoms with Crippen molar-refractivity contribution >= 4 is 27.3 Å². The van der Waals surface area contributed by atoms with E-state index in [1.807, 2.05) is 0 Å². The third-order valence-corrected chi connectivity index (χ3v) is 6.91. The molecule has 2 N–H and O–H groups in total. The molecular weight excluding hydrogens is 302 g/mol. The number of carbonyl (C=O) groups is 1. The summed E-state index contributed by atoms with van der Waals surface area (Å²) in [5, 5.41) is 19.7. The summed E-state index contributed by atoms with van der Waals surface area (Å²) in [6, 6.07) is 1.20. The Kier molecular flexibility index (Phi) is 4.48. The SMILES string of the molecule is CC(O)C1CCN(S(=O)(=O)c2cc(C(=O)O)cs2)CC1. The highest BCUT2D eigenvalue weighted by atomic mass is 32.2. The van der Waals surface area contributed by atoms with Crippen molar-refractivity contribution in [2.24, 2.45) is 5.92 Å². The number of hydrogen-bond acceptors (Lipinski definition) is 5. The van der Waals surface area contributed by atoms with Crippen LogP contribution in [0.2, 0.25) is 0 Å². The fourth-order valence-corrected chi connectivity index (χ4v) is 5.07. The Morgan fingerprint density at radius 2 is 2.05 bits per heavy atom. The molecule has 1 atom stereocenters. The van der Waals surface area contributed by atoms with Gasteiger partial charge in [0.2, 0.25) is 0 Å². The van der Waals surface area contributed by atoms with Crippen molar-refractivity contribution in [3.05, 3.63) is 17.0 Å². The molecule has 0 aromatic carbocycles. The minimum Gasteiger partial charge on any atom is -0.478 e. The standard InChI is InChI=1S/C12H17NO5S2/c1-8(14)9-2-4-13(5-3-9)20(17,18)11-6-10(7-19-11)12(15)16/h6-9,14H,2-5H2,1H3,(H,15,16). The highest BCUT2D eigenvalue weighted by molar-refractivity contribution is 7.91. The lowest BCUT2D eigenvalue weighted by molar-refractivity contribution is 0.0697. The Labute approximate surface area is 121 Å². The van der Waals surface area contributed by atoms with Crippen molar-refractivity contribution in [1.82, 2.24) is 4.31 Å². The van der Waals surface area contributed by atoms with Gasteiger partial charge in [0, 0.05) is 18.5 Å². The predicted octanol–water partition coefficient (Wildman–Crippen LogP) is 1.23. The topological polar surface area (TPSA) is 94.9 Å². The normalized spacial score (nSPS) is 19.9. The molecule has 1 aliphatic rings. The van der Waals surface area contributed by atoms with Crippen molar-refractivity contribution in [1.29, 1.82) is 0 Å². The number of aliphatic hydroxyl groups is 1. The van der Waals surface area contributed by atoms with Gasteiger partial charge in [-0.15, -0.1) is 11.3 Å². The number of nitrogens with zero attached hydrogens (tertiary/aromatic N) is 1. The van der Waals surface area contributed by atoms with Crippen molar-refractivity contribution in [3.8, 4) is 0 Å². The zero-order valence-electron chi connectivity index (χ0n) is 11.0. The fraction of sp³-hybridized carbons (Fsp3) is 0.583. The average Bonchev–Trinajstić information content (AvgIpc) is 2.89. The smallest absolute Gasteiger partial charge is 0.336 e. The number of rotatable bonds is 4. The van der Waals surface area contributed by atoms with Gasteiger partial charge >= 0.3 is 5.97 Å². The Morgan fingerprint density at radius 3 is 2.50 bits per heavy atom. The molecule has 1 aromatic rings. The van der Waals surface area contributed by atoms with E-state index >= 15 is 0 Å². The molecule has 2 rings (SSSR count). The molecule has 1 unspecified atom stereocenters. The van der Waals surface area contributed by atoms with Crippen LogP contribution in [0.25, 0.3) is 0 Å². The molecule has 20 heavy (non-hydrogen) atoms. The predicted molar refractivity (Wildman–Crippen MR) is 74.4 cm³/mol. The van der Waals surface area contributed by atoms with E-state index in [0.717, 1.165) is 11.3 Å². The van der Waals surface area contributed by atoms with E-state index in [9.17, 15) is 18.3 Å². The van der Waals surface area contributed by atoms with Gasteiger partial charge in [0.15, 0.2) is 0 Å². The number of sulfonamides is 1. The third kappa shape index (κ3) is 3.03. The summed E-state index contributed by atoms with van der Waals surface area (Å²) in [6.07, 6.45) is 0.808. The second kappa shape index (κ2) is 5.80. The van der Waals surface area contributed by atoms with Gasteiger partial charge < -0.3 is 10.2 Å². The van der Waals surface area contributed by atoms with Crippen LogP contribution in [0, 0.1) is 5.92 Å². The molecular formula is C12H17NO5S2. The number of aliphatic hydroxyl groups excluding tert-OH is 1. The third-order valence-electron chi connectivity index (χ3n) is 3.60. The molecule has 0 spiro atoms. The van der Waals surface area contributed by atoms with Gasteiger partial charge in [-0.1, -0.05) is 0 Å². The molecule has 1 saturated heterocycles. The number of aromatic carboxylic acids is 1. The maximum Gasteiger partial charge on any atom is 0.336 e. The molecule has 0 radical (unpaired) electrons. The molecule has 1 aliphatic heterocycles. The molecule has 112 valence electrons. The summed E-state index contributed by atoms with van der Waals surface area (Å²) >= 11 is 0.926. The van der Waals surface area contributed by atoms with E-state index in [4.69, 9.17) is 5.11 Å². The van der Waals surface area contributed by atoms with E-state index < -0.39 is 22.1 Å². The first-order chi connectivity index (χ1) is 9.32. The van der Waals surface area contributed by atoms with E-state index in [1.165, 1.54) is 15.8 Å². The summed E-state index contributed by atoms with van der Waals surface area (Å²) in [4.78, 5) is 10.8. The second-order valence-corrected chi connectivity index (χ2v) is 8.02. The molecule has 1 aromatic heterocycles. The van der Waals surface area contributed by atoms with E-state index in [0.29, 0.717) is 25.9 Å². The molecule has 0 bridgehead atoms. The first-order valence-electron chi connectivity index (χ1n) is 6.32. The summed E-state index contributed by atoms with van der Waals surface area (Å²) in [5.41, 5.74) is -0.00700. The second-order valence-electron chi connectivity index (χ2n) is 4.94. The molecule has 6 nitrogen and oxygen atoms in total. The van der Waals surface area contributed by atoms with E-state index in [2.05, 4.69) is 0 Å². The summed E-state index contributed by atoms with van der Waals surface area (Å²) in [6.45, 7) is 2.43. The molecule has 8 heteroatoms. The quantitative estimate of drug-likeness (QED) is 0.870. The minimum absolute atomic E-state index is 0.00700. The maximum absolute atomic E-state index is 12.4. The zero-order chi connectivity index (χ0) is 14.9. The van der Waals surface area contributed by atoms with Crippen molar-refractivity contribution in [3.63, 3.8) is 0 Å². The van der Waals surface area contributed by atoms with Crippen LogP contribution in [0.5, 0.6) is 0 Å². The van der Waals surface area contributed by atoms with Gasteiger partial charge in [0.1, 0.15) is 4.21 Å². The van der Waals surface area contributed by atoms with Crippen LogP contribution in [0.1, 0.15) is 30.1 Å². The average molecular weight is 319 g/mol. The Balaban J connectivity index is 2.13. The van der Waals surface area contributed by atoms with Gasteiger partial charge in [-0.2, -0.15) is 4.31 Å². The number of carboxylic acid groups (broad SMARTS) is 1. The Morgan fingerprint density at radius 1 is 1.45 bits per heavy atom. The Bertz CT molecular complexity index is 585. The fourth-order valence-electron chi connectivity index (χ4n) is 2.29. The first-order valence-corrected chi connectivity index (χ1v) is 8.64. The van der Waals surface area contributed by atoms with Crippen LogP contribution in [0.3, 0.4) is 0 Å². The molecule has 0 aliphatic carbocycles. The summed E-state index contributed by atoms with van der Waals surface area (Å²) in [5.74, 6) is -1.00. The Hall–Kier alpha value is -0.960. The lowest BCUT2D eigenvalue weighted by atomic mass is 9.93. The number of thiophene rings is 1. The van der Waals surface area contributed by atoms with E-state index in [1.54, 1.807) is 6.92 Å². The zero-order valence-corrected chi connectivity index (χ0v) is 12.7. The van der Waals surface area contributed by atoms with E-state index in [-0.39, 0.29) is 15.7 Å². The van der Waals surface area contributed by atoms with Gasteiger partial charge in [-0.25, -0.2) is 13.2 Å². The number of hydrogen-bond donors (Lipinski definition) is 2. The molecule has 1 fully saturated rings. The van der Waals surface area contributed by atoms with Gasteiger partial charge in [0.05, 0.1) is 11.7 Å². The maximum atomic E-state index is 12.4. The largest absolute Gasteiger partial charge is 0.478 e. The number of piperidine rings is 1. The van der Waals surface area contributed by atoms with Gasteiger partial charge in [-0.05, 0) is 31.7 Å². The molecule has 0 amide bonds. The summed E-state index contributed by atoms with van der Waals surface area (Å²) < 4.78 is 26.2. The first kappa shape index (κ1) is 15.4. The van der Waals surface area contributed by atoms with Gasteiger partial charge in [-0.3, -0.25) is 0 Å². The monoisotopic (exact) mass is 319 g/mol.